The van der Waals surface area contributed by atoms with E-state index in [1.807, 2.05) is 0 Å². The first-order valence-corrected chi connectivity index (χ1v) is 2.30. The van der Waals surface area contributed by atoms with Crippen molar-refractivity contribution >= 4 is 5.97 Å². The molecular weight excluding hydrogens is 120 g/mol. The normalized spacial score (nSPS) is 9.44. The smallest absolute Gasteiger partial charge is 0.337 e. The lowest BCUT2D eigenvalue weighted by Gasteiger charge is -1.93. The van der Waals surface area contributed by atoms with E-state index in [0.29, 0.717) is 0 Å². The highest BCUT2D eigenvalue weighted by Crippen LogP contribution is 1.93. The van der Waals surface area contributed by atoms with E-state index >= 15 is 0 Å². The third-order valence-corrected chi connectivity index (χ3v) is 0.723. The van der Waals surface area contributed by atoms with Gasteiger partial charge in [0.25, 0.3) is 0 Å². The van der Waals surface area contributed by atoms with Crippen molar-refractivity contribution in [2.24, 2.45) is 0 Å². The SMILES string of the molecule is C=C(C=CO)C(=O)OC. The average Bonchev–Trinajstić information content (AvgIpc) is 1.87. The van der Waals surface area contributed by atoms with Gasteiger partial charge in [0.1, 0.15) is 0 Å². The molecule has 0 aromatic rings. The number of ether oxygens (including phenoxy) is 1. The van der Waals surface area contributed by atoms with Crippen LogP contribution in [-0.2, 0) is 9.53 Å². The summed E-state index contributed by atoms with van der Waals surface area (Å²) in [5.74, 6) is -0.541. The van der Waals surface area contributed by atoms with Crippen LogP contribution in [0.1, 0.15) is 0 Å². The molecule has 3 heteroatoms. The minimum atomic E-state index is -0.541. The maximum Gasteiger partial charge on any atom is 0.337 e. The number of carbonyl (C=O) groups is 1. The summed E-state index contributed by atoms with van der Waals surface area (Å²) in [6.45, 7) is 3.29. The second kappa shape index (κ2) is 3.72. The van der Waals surface area contributed by atoms with Crippen molar-refractivity contribution in [1.29, 1.82) is 0 Å². The molecule has 3 nitrogen and oxygen atoms in total. The summed E-state index contributed by atoms with van der Waals surface area (Å²) in [7, 11) is 1.25. The van der Waals surface area contributed by atoms with E-state index in [0.717, 1.165) is 12.3 Å². The lowest BCUT2D eigenvalue weighted by atomic mass is 10.3. The van der Waals surface area contributed by atoms with Crippen molar-refractivity contribution in [3.8, 4) is 0 Å². The monoisotopic (exact) mass is 128 g/mol. The Bertz CT molecular complexity index is 146. The molecule has 0 rings (SSSR count). The summed E-state index contributed by atoms with van der Waals surface area (Å²) in [5, 5.41) is 8.13. The van der Waals surface area contributed by atoms with Crippen molar-refractivity contribution in [3.63, 3.8) is 0 Å². The fraction of sp³-hybridized carbons (Fsp3) is 0.167. The van der Waals surface area contributed by atoms with Gasteiger partial charge in [-0.15, -0.1) is 0 Å². The summed E-state index contributed by atoms with van der Waals surface area (Å²) in [6.07, 6.45) is 1.89. The third-order valence-electron chi connectivity index (χ3n) is 0.723. The molecule has 1 N–H and O–H groups in total. The van der Waals surface area contributed by atoms with Gasteiger partial charge in [-0.1, -0.05) is 6.58 Å². The Morgan fingerprint density at radius 3 is 2.67 bits per heavy atom. The lowest BCUT2D eigenvalue weighted by molar-refractivity contribution is -0.135. The molecule has 0 saturated heterocycles. The van der Waals surface area contributed by atoms with Crippen LogP contribution >= 0.6 is 0 Å². The van der Waals surface area contributed by atoms with Gasteiger partial charge >= 0.3 is 5.97 Å². The fourth-order valence-corrected chi connectivity index (χ4v) is 0.289. The van der Waals surface area contributed by atoms with E-state index in [9.17, 15) is 4.79 Å². The molecule has 0 bridgehead atoms. The van der Waals surface area contributed by atoms with Crippen LogP contribution in [0.25, 0.3) is 0 Å². The van der Waals surface area contributed by atoms with Gasteiger partial charge in [-0.2, -0.15) is 0 Å². The highest BCUT2D eigenvalue weighted by molar-refractivity contribution is 5.90. The molecule has 9 heavy (non-hydrogen) atoms. The molecule has 0 amide bonds. The van der Waals surface area contributed by atoms with Crippen LogP contribution < -0.4 is 0 Å². The standard InChI is InChI=1S/C6H8O3/c1-5(3-4-7)6(8)9-2/h3-4,7H,1H2,2H3. The van der Waals surface area contributed by atoms with Gasteiger partial charge in [0, 0.05) is 0 Å². The third kappa shape index (κ3) is 2.54. The highest BCUT2D eigenvalue weighted by atomic mass is 16.5. The van der Waals surface area contributed by atoms with Crippen molar-refractivity contribution in [3.05, 3.63) is 24.5 Å². The molecule has 0 spiro atoms. The molecule has 0 heterocycles. The zero-order valence-electron chi connectivity index (χ0n) is 5.13. The summed E-state index contributed by atoms with van der Waals surface area (Å²) in [4.78, 5) is 10.4. The number of esters is 1. The quantitative estimate of drug-likeness (QED) is 0.259. The van der Waals surface area contributed by atoms with Gasteiger partial charge in [0.05, 0.1) is 18.9 Å². The van der Waals surface area contributed by atoms with E-state index < -0.39 is 5.97 Å². The summed E-state index contributed by atoms with van der Waals surface area (Å²) in [6, 6.07) is 0. The molecule has 0 radical (unpaired) electrons. The number of rotatable bonds is 2. The predicted molar refractivity (Wildman–Crippen MR) is 32.9 cm³/mol. The maximum atomic E-state index is 10.4. The molecular formula is C6H8O3. The Balaban J connectivity index is 3.89. The first kappa shape index (κ1) is 7.75. The van der Waals surface area contributed by atoms with Crippen molar-refractivity contribution in [1.82, 2.24) is 0 Å². The van der Waals surface area contributed by atoms with Gasteiger partial charge in [-0.3, -0.25) is 0 Å². The van der Waals surface area contributed by atoms with Crippen LogP contribution in [0.5, 0.6) is 0 Å². The predicted octanol–water partition coefficient (Wildman–Crippen LogP) is 0.787. The average molecular weight is 128 g/mol. The topological polar surface area (TPSA) is 46.5 Å². The zero-order valence-corrected chi connectivity index (χ0v) is 5.13. The number of methoxy groups -OCH3 is 1. The van der Waals surface area contributed by atoms with Crippen molar-refractivity contribution in [2.75, 3.05) is 7.11 Å². The van der Waals surface area contributed by atoms with Crippen LogP contribution in [0.4, 0.5) is 0 Å². The van der Waals surface area contributed by atoms with Crippen LogP contribution in [0, 0.1) is 0 Å². The molecule has 0 saturated carbocycles. The Morgan fingerprint density at radius 2 is 2.33 bits per heavy atom. The molecule has 50 valence electrons. The van der Waals surface area contributed by atoms with Crippen molar-refractivity contribution in [2.45, 2.75) is 0 Å². The first-order chi connectivity index (χ1) is 4.22. The summed E-state index contributed by atoms with van der Waals surface area (Å²) in [5.41, 5.74) is 0.125. The minimum absolute atomic E-state index is 0.125. The number of hydrogen-bond acceptors (Lipinski definition) is 3. The van der Waals surface area contributed by atoms with Crippen LogP contribution in [0.15, 0.2) is 24.5 Å². The zero-order chi connectivity index (χ0) is 7.28. The minimum Gasteiger partial charge on any atom is -0.516 e. The lowest BCUT2D eigenvalue weighted by Crippen LogP contribution is -2.00. The summed E-state index contributed by atoms with van der Waals surface area (Å²) < 4.78 is 4.26. The van der Waals surface area contributed by atoms with E-state index in [2.05, 4.69) is 11.3 Å². The van der Waals surface area contributed by atoms with E-state index in [1.165, 1.54) is 7.11 Å². The number of aliphatic hydroxyl groups is 1. The van der Waals surface area contributed by atoms with E-state index in [4.69, 9.17) is 5.11 Å². The molecule has 0 atom stereocenters. The molecule has 0 aromatic heterocycles. The van der Waals surface area contributed by atoms with Crippen LogP contribution in [0.3, 0.4) is 0 Å². The Kier molecular flexibility index (Phi) is 3.20. The molecule has 0 fully saturated rings. The van der Waals surface area contributed by atoms with E-state index in [1.54, 1.807) is 0 Å². The van der Waals surface area contributed by atoms with Crippen molar-refractivity contribution < 1.29 is 14.6 Å². The number of hydrogen-bond donors (Lipinski definition) is 1. The Labute approximate surface area is 53.3 Å². The molecule has 0 aliphatic carbocycles. The molecule has 0 unspecified atom stereocenters. The maximum absolute atomic E-state index is 10.4. The van der Waals surface area contributed by atoms with Gasteiger partial charge in [-0.05, 0) is 6.08 Å². The number of carbonyl (C=O) groups excluding carboxylic acids is 1. The highest BCUT2D eigenvalue weighted by Gasteiger charge is 1.99. The second-order valence-electron chi connectivity index (χ2n) is 1.33. The Hall–Kier alpha value is -1.25. The van der Waals surface area contributed by atoms with Gasteiger partial charge in [-0.25, -0.2) is 4.79 Å². The fourth-order valence-electron chi connectivity index (χ4n) is 0.289. The van der Waals surface area contributed by atoms with Gasteiger partial charge in [0.2, 0.25) is 0 Å². The summed E-state index contributed by atoms with van der Waals surface area (Å²) >= 11 is 0. The van der Waals surface area contributed by atoms with Gasteiger partial charge < -0.3 is 9.84 Å². The molecule has 0 aliphatic heterocycles. The first-order valence-electron chi connectivity index (χ1n) is 2.30. The largest absolute Gasteiger partial charge is 0.516 e. The molecule has 0 aliphatic rings. The van der Waals surface area contributed by atoms with E-state index in [-0.39, 0.29) is 5.57 Å². The number of aliphatic hydroxyl groups excluding tert-OH is 1. The van der Waals surface area contributed by atoms with Gasteiger partial charge in [0.15, 0.2) is 0 Å². The Morgan fingerprint density at radius 1 is 1.78 bits per heavy atom. The second-order valence-corrected chi connectivity index (χ2v) is 1.33. The van der Waals surface area contributed by atoms with Crippen LogP contribution in [0.2, 0.25) is 0 Å². The molecule has 0 aromatic carbocycles. The van der Waals surface area contributed by atoms with Crippen LogP contribution in [-0.4, -0.2) is 18.2 Å².